The van der Waals surface area contributed by atoms with Crippen LogP contribution in [0, 0.1) is 0 Å². The van der Waals surface area contributed by atoms with Crippen molar-refractivity contribution >= 4 is 5.97 Å². The van der Waals surface area contributed by atoms with E-state index in [1.165, 1.54) is 6.08 Å². The number of aliphatic carboxylic acids is 1. The molecule has 0 aromatic carbocycles. The van der Waals surface area contributed by atoms with Gasteiger partial charge in [0.25, 0.3) is 0 Å². The highest BCUT2D eigenvalue weighted by Gasteiger charge is 2.32. The third-order valence-electron chi connectivity index (χ3n) is 1.71. The van der Waals surface area contributed by atoms with E-state index in [4.69, 9.17) is 9.84 Å². The van der Waals surface area contributed by atoms with E-state index in [1.807, 2.05) is 0 Å². The molecule has 1 heterocycles. The summed E-state index contributed by atoms with van der Waals surface area (Å²) in [6.45, 7) is 3.35. The van der Waals surface area contributed by atoms with E-state index < -0.39 is 24.3 Å². The molecule has 13 heavy (non-hydrogen) atoms. The second-order valence-electron chi connectivity index (χ2n) is 2.64. The van der Waals surface area contributed by atoms with Gasteiger partial charge in [-0.25, -0.2) is 4.79 Å². The fraction of sp³-hybridized carbons (Fsp3) is 0.375. The summed E-state index contributed by atoms with van der Waals surface area (Å²) >= 11 is 0. The number of aliphatic hydroxyl groups excluding tert-OH is 2. The predicted octanol–water partition coefficient (Wildman–Crippen LogP) is -0.738. The molecule has 0 saturated heterocycles. The zero-order chi connectivity index (χ0) is 10.0. The summed E-state index contributed by atoms with van der Waals surface area (Å²) in [5, 5.41) is 27.0. The molecule has 0 spiro atoms. The average molecular weight is 186 g/mol. The summed E-state index contributed by atoms with van der Waals surface area (Å²) < 4.78 is 4.81. The zero-order valence-electron chi connectivity index (χ0n) is 6.75. The second-order valence-corrected chi connectivity index (χ2v) is 2.64. The first-order valence-electron chi connectivity index (χ1n) is 3.66. The Hall–Kier alpha value is -1.33. The molecule has 5 nitrogen and oxygen atoms in total. The quantitative estimate of drug-likeness (QED) is 0.494. The topological polar surface area (TPSA) is 87.0 Å². The van der Waals surface area contributed by atoms with Crippen molar-refractivity contribution in [1.29, 1.82) is 0 Å². The molecule has 1 aliphatic heterocycles. The molecule has 5 heteroatoms. The van der Waals surface area contributed by atoms with E-state index in [1.54, 1.807) is 0 Å². The first kappa shape index (κ1) is 9.76. The Morgan fingerprint density at radius 2 is 2.23 bits per heavy atom. The van der Waals surface area contributed by atoms with Crippen LogP contribution in [-0.4, -0.2) is 39.6 Å². The maximum atomic E-state index is 10.4. The third kappa shape index (κ3) is 1.88. The SMILES string of the molecule is C=C[C@@H]1OC(C(=O)O)=CC(O)C1O. The van der Waals surface area contributed by atoms with Gasteiger partial charge in [-0.15, -0.1) is 0 Å². The molecule has 0 radical (unpaired) electrons. The lowest BCUT2D eigenvalue weighted by Crippen LogP contribution is -2.41. The van der Waals surface area contributed by atoms with Gasteiger partial charge in [0, 0.05) is 0 Å². The van der Waals surface area contributed by atoms with Gasteiger partial charge in [-0.2, -0.15) is 0 Å². The fourth-order valence-electron chi connectivity index (χ4n) is 1.01. The smallest absolute Gasteiger partial charge is 0.370 e. The Balaban J connectivity index is 2.87. The van der Waals surface area contributed by atoms with Gasteiger partial charge >= 0.3 is 5.97 Å². The molecule has 3 N–H and O–H groups in total. The van der Waals surface area contributed by atoms with E-state index in [2.05, 4.69) is 6.58 Å². The van der Waals surface area contributed by atoms with Crippen molar-refractivity contribution in [3.05, 3.63) is 24.5 Å². The van der Waals surface area contributed by atoms with E-state index in [-0.39, 0.29) is 5.76 Å². The maximum Gasteiger partial charge on any atom is 0.370 e. The highest BCUT2D eigenvalue weighted by molar-refractivity contribution is 5.84. The van der Waals surface area contributed by atoms with Gasteiger partial charge in [0.1, 0.15) is 18.3 Å². The van der Waals surface area contributed by atoms with Gasteiger partial charge in [0.15, 0.2) is 0 Å². The van der Waals surface area contributed by atoms with Crippen LogP contribution < -0.4 is 0 Å². The molecule has 2 unspecified atom stereocenters. The van der Waals surface area contributed by atoms with Crippen molar-refractivity contribution in [1.82, 2.24) is 0 Å². The molecule has 0 aromatic heterocycles. The minimum absolute atomic E-state index is 0.372. The lowest BCUT2D eigenvalue weighted by molar-refractivity contribution is -0.141. The summed E-state index contributed by atoms with van der Waals surface area (Å²) in [5.74, 6) is -1.65. The molecule has 72 valence electrons. The standard InChI is InChI=1S/C8H10O5/c1-2-5-7(10)4(9)3-6(13-5)8(11)12/h2-5,7,9-10H,1H2,(H,11,12)/t4?,5-,7?/m0/s1. The van der Waals surface area contributed by atoms with Crippen LogP contribution in [0.4, 0.5) is 0 Å². The van der Waals surface area contributed by atoms with Gasteiger partial charge in [-0.3, -0.25) is 0 Å². The van der Waals surface area contributed by atoms with Gasteiger partial charge < -0.3 is 20.1 Å². The number of hydrogen-bond acceptors (Lipinski definition) is 4. The molecule has 0 amide bonds. The van der Waals surface area contributed by atoms with Crippen LogP contribution in [-0.2, 0) is 9.53 Å². The molecular weight excluding hydrogens is 176 g/mol. The third-order valence-corrected chi connectivity index (χ3v) is 1.71. The normalized spacial score (nSPS) is 33.1. The van der Waals surface area contributed by atoms with Crippen LogP contribution in [0.1, 0.15) is 0 Å². The second kappa shape index (κ2) is 3.59. The highest BCUT2D eigenvalue weighted by atomic mass is 16.5. The number of aliphatic hydroxyl groups is 2. The minimum atomic E-state index is -1.28. The average Bonchev–Trinajstić information content (AvgIpc) is 2.09. The molecule has 0 saturated carbocycles. The summed E-state index contributed by atoms with van der Waals surface area (Å²) in [5.41, 5.74) is 0. The Labute approximate surface area is 74.6 Å². The van der Waals surface area contributed by atoms with E-state index in [9.17, 15) is 15.0 Å². The van der Waals surface area contributed by atoms with Crippen LogP contribution in [0.2, 0.25) is 0 Å². The Kier molecular flexibility index (Phi) is 2.69. The zero-order valence-corrected chi connectivity index (χ0v) is 6.75. The first-order valence-corrected chi connectivity index (χ1v) is 3.66. The van der Waals surface area contributed by atoms with Crippen LogP contribution >= 0.6 is 0 Å². The maximum absolute atomic E-state index is 10.4. The van der Waals surface area contributed by atoms with Crippen molar-refractivity contribution in [2.75, 3.05) is 0 Å². The molecule has 1 aliphatic rings. The van der Waals surface area contributed by atoms with Crippen molar-refractivity contribution in [2.24, 2.45) is 0 Å². The van der Waals surface area contributed by atoms with Crippen molar-refractivity contribution in [3.63, 3.8) is 0 Å². The number of carboxylic acids is 1. The number of rotatable bonds is 2. The molecular formula is C8H10O5. The number of ether oxygens (including phenoxy) is 1. The van der Waals surface area contributed by atoms with Crippen LogP contribution in [0.15, 0.2) is 24.5 Å². The Morgan fingerprint density at radius 3 is 2.69 bits per heavy atom. The molecule has 3 atom stereocenters. The number of hydrogen-bond donors (Lipinski definition) is 3. The Morgan fingerprint density at radius 1 is 1.62 bits per heavy atom. The molecule has 0 aromatic rings. The fourth-order valence-corrected chi connectivity index (χ4v) is 1.01. The summed E-state index contributed by atoms with van der Waals surface area (Å²) in [6.07, 6.45) is -1.09. The summed E-state index contributed by atoms with van der Waals surface area (Å²) in [6, 6.07) is 0. The van der Waals surface area contributed by atoms with Crippen molar-refractivity contribution < 1.29 is 24.9 Å². The minimum Gasteiger partial charge on any atom is -0.476 e. The number of carbonyl (C=O) groups is 1. The van der Waals surface area contributed by atoms with E-state index >= 15 is 0 Å². The summed E-state index contributed by atoms with van der Waals surface area (Å²) in [4.78, 5) is 10.4. The van der Waals surface area contributed by atoms with Gasteiger partial charge in [-0.1, -0.05) is 6.58 Å². The Bertz CT molecular complexity index is 257. The summed E-state index contributed by atoms with van der Waals surface area (Å²) in [7, 11) is 0. The van der Waals surface area contributed by atoms with Crippen molar-refractivity contribution in [3.8, 4) is 0 Å². The monoisotopic (exact) mass is 186 g/mol. The van der Waals surface area contributed by atoms with E-state index in [0.717, 1.165) is 6.08 Å². The molecule has 0 aliphatic carbocycles. The van der Waals surface area contributed by atoms with E-state index in [0.29, 0.717) is 0 Å². The van der Waals surface area contributed by atoms with Crippen LogP contribution in [0.3, 0.4) is 0 Å². The lowest BCUT2D eigenvalue weighted by atomic mass is 10.0. The lowest BCUT2D eigenvalue weighted by Gasteiger charge is -2.28. The molecule has 0 fully saturated rings. The van der Waals surface area contributed by atoms with Gasteiger partial charge in [0.2, 0.25) is 5.76 Å². The van der Waals surface area contributed by atoms with Crippen molar-refractivity contribution in [2.45, 2.75) is 18.3 Å². The van der Waals surface area contributed by atoms with Crippen LogP contribution in [0.5, 0.6) is 0 Å². The highest BCUT2D eigenvalue weighted by Crippen LogP contribution is 2.18. The molecule has 0 bridgehead atoms. The molecule has 1 rings (SSSR count). The van der Waals surface area contributed by atoms with Crippen LogP contribution in [0.25, 0.3) is 0 Å². The predicted molar refractivity (Wildman–Crippen MR) is 42.8 cm³/mol. The largest absolute Gasteiger partial charge is 0.476 e. The van der Waals surface area contributed by atoms with Gasteiger partial charge in [0.05, 0.1) is 0 Å². The number of carboxylic acid groups (broad SMARTS) is 1. The first-order chi connectivity index (χ1) is 6.06. The van der Waals surface area contributed by atoms with Gasteiger partial charge in [-0.05, 0) is 12.2 Å².